The van der Waals surface area contributed by atoms with Crippen molar-refractivity contribution in [2.45, 2.75) is 6.04 Å². The first-order chi connectivity index (χ1) is 12.8. The van der Waals surface area contributed by atoms with Gasteiger partial charge in [0.1, 0.15) is 5.75 Å². The Morgan fingerprint density at radius 3 is 2.46 bits per heavy atom. The van der Waals surface area contributed by atoms with Gasteiger partial charge in [0.25, 0.3) is 0 Å². The maximum absolute atomic E-state index is 12.5. The number of pyridine rings is 1. The number of methoxy groups -OCH3 is 1. The maximum atomic E-state index is 12.5. The number of benzene rings is 2. The second-order valence-electron chi connectivity index (χ2n) is 5.75. The first kappa shape index (κ1) is 17.5. The molecule has 0 aliphatic carbocycles. The first-order valence-electron chi connectivity index (χ1n) is 8.39. The summed E-state index contributed by atoms with van der Waals surface area (Å²) >= 11 is 0. The standard InChI is InChI=1S/C21H21N3O2/c1-26-19-12-6-5-11-18(19)23-15-20(25)24-21(16-8-3-2-4-9-16)17-10-7-13-22-14-17/h2-14,21,23H,15H2,1H3,(H,24,25)/t21-/m0/s1. The average Bonchev–Trinajstić information content (AvgIpc) is 2.72. The van der Waals surface area contributed by atoms with Gasteiger partial charge in [0.15, 0.2) is 0 Å². The van der Waals surface area contributed by atoms with E-state index in [2.05, 4.69) is 15.6 Å². The fourth-order valence-corrected chi connectivity index (χ4v) is 2.73. The van der Waals surface area contributed by atoms with Crippen LogP contribution >= 0.6 is 0 Å². The van der Waals surface area contributed by atoms with Crippen molar-refractivity contribution in [2.75, 3.05) is 19.0 Å². The summed E-state index contributed by atoms with van der Waals surface area (Å²) in [5.74, 6) is 0.584. The van der Waals surface area contributed by atoms with Gasteiger partial charge in [-0.25, -0.2) is 0 Å². The van der Waals surface area contributed by atoms with Gasteiger partial charge in [-0.15, -0.1) is 0 Å². The number of hydrogen-bond donors (Lipinski definition) is 2. The lowest BCUT2D eigenvalue weighted by atomic mass is 10.0. The number of para-hydroxylation sites is 2. The lowest BCUT2D eigenvalue weighted by Crippen LogP contribution is -2.34. The molecule has 0 aliphatic heterocycles. The summed E-state index contributed by atoms with van der Waals surface area (Å²) < 4.78 is 5.29. The molecule has 5 nitrogen and oxygen atoms in total. The number of rotatable bonds is 7. The smallest absolute Gasteiger partial charge is 0.240 e. The molecule has 0 bridgehead atoms. The number of aromatic nitrogens is 1. The van der Waals surface area contributed by atoms with Crippen molar-refractivity contribution in [1.29, 1.82) is 0 Å². The molecular formula is C21H21N3O2. The van der Waals surface area contributed by atoms with E-state index in [1.165, 1.54) is 0 Å². The van der Waals surface area contributed by atoms with Crippen LogP contribution in [0.15, 0.2) is 79.1 Å². The van der Waals surface area contributed by atoms with E-state index < -0.39 is 0 Å². The van der Waals surface area contributed by atoms with Gasteiger partial charge in [-0.2, -0.15) is 0 Å². The summed E-state index contributed by atoms with van der Waals surface area (Å²) in [6, 6.07) is 20.9. The van der Waals surface area contributed by atoms with E-state index in [1.807, 2.05) is 66.7 Å². The summed E-state index contributed by atoms with van der Waals surface area (Å²) in [6.07, 6.45) is 3.49. The Morgan fingerprint density at radius 2 is 1.73 bits per heavy atom. The second-order valence-corrected chi connectivity index (χ2v) is 5.75. The second kappa shape index (κ2) is 8.67. The molecule has 3 rings (SSSR count). The van der Waals surface area contributed by atoms with Gasteiger partial charge in [0.2, 0.25) is 5.91 Å². The fraction of sp³-hybridized carbons (Fsp3) is 0.143. The quantitative estimate of drug-likeness (QED) is 0.687. The molecule has 0 radical (unpaired) electrons. The molecule has 2 N–H and O–H groups in total. The highest BCUT2D eigenvalue weighted by atomic mass is 16.5. The van der Waals surface area contributed by atoms with Crippen LogP contribution in [-0.4, -0.2) is 24.5 Å². The van der Waals surface area contributed by atoms with Gasteiger partial charge < -0.3 is 15.4 Å². The number of anilines is 1. The molecule has 1 heterocycles. The number of amides is 1. The molecule has 0 saturated heterocycles. The number of nitrogens with zero attached hydrogens (tertiary/aromatic N) is 1. The molecule has 0 unspecified atom stereocenters. The van der Waals surface area contributed by atoms with E-state index >= 15 is 0 Å². The predicted molar refractivity (Wildman–Crippen MR) is 102 cm³/mol. The van der Waals surface area contributed by atoms with Gasteiger partial charge in [-0.3, -0.25) is 9.78 Å². The molecule has 5 heteroatoms. The highest BCUT2D eigenvalue weighted by Gasteiger charge is 2.17. The van der Waals surface area contributed by atoms with Gasteiger partial charge in [-0.05, 0) is 29.3 Å². The Kier molecular flexibility index (Phi) is 5.83. The largest absolute Gasteiger partial charge is 0.495 e. The minimum Gasteiger partial charge on any atom is -0.495 e. The maximum Gasteiger partial charge on any atom is 0.240 e. The zero-order chi connectivity index (χ0) is 18.2. The van der Waals surface area contributed by atoms with Crippen LogP contribution in [-0.2, 0) is 4.79 Å². The van der Waals surface area contributed by atoms with Gasteiger partial charge in [0, 0.05) is 12.4 Å². The Bertz CT molecular complexity index is 799. The highest BCUT2D eigenvalue weighted by Crippen LogP contribution is 2.23. The Hall–Kier alpha value is -3.34. The average molecular weight is 347 g/mol. The third-order valence-corrected chi connectivity index (χ3v) is 4.00. The van der Waals surface area contributed by atoms with Crippen LogP contribution in [0.25, 0.3) is 0 Å². The number of hydrogen-bond acceptors (Lipinski definition) is 4. The van der Waals surface area contributed by atoms with E-state index in [-0.39, 0.29) is 18.5 Å². The summed E-state index contributed by atoms with van der Waals surface area (Å²) in [7, 11) is 1.61. The summed E-state index contributed by atoms with van der Waals surface area (Å²) in [5, 5.41) is 6.19. The van der Waals surface area contributed by atoms with E-state index in [0.29, 0.717) is 5.75 Å². The molecule has 0 spiro atoms. The third kappa shape index (κ3) is 4.39. The van der Waals surface area contributed by atoms with E-state index in [0.717, 1.165) is 16.8 Å². The van der Waals surface area contributed by atoms with Crippen molar-refractivity contribution in [3.8, 4) is 5.75 Å². The first-order valence-corrected chi connectivity index (χ1v) is 8.39. The van der Waals surface area contributed by atoms with Crippen molar-refractivity contribution >= 4 is 11.6 Å². The monoisotopic (exact) mass is 347 g/mol. The van der Waals surface area contributed by atoms with Crippen LogP contribution in [0.4, 0.5) is 5.69 Å². The van der Waals surface area contributed by atoms with Crippen LogP contribution in [0.1, 0.15) is 17.2 Å². The van der Waals surface area contributed by atoms with Crippen LogP contribution in [0, 0.1) is 0 Å². The van der Waals surface area contributed by atoms with Gasteiger partial charge in [0.05, 0.1) is 25.4 Å². The molecule has 2 aromatic carbocycles. The lowest BCUT2D eigenvalue weighted by molar-refractivity contribution is -0.119. The summed E-state index contributed by atoms with van der Waals surface area (Å²) in [4.78, 5) is 16.7. The topological polar surface area (TPSA) is 63.2 Å². The zero-order valence-corrected chi connectivity index (χ0v) is 14.6. The molecule has 0 saturated carbocycles. The van der Waals surface area contributed by atoms with Crippen LogP contribution in [0.5, 0.6) is 5.75 Å². The van der Waals surface area contributed by atoms with Crippen LogP contribution < -0.4 is 15.4 Å². The number of nitrogens with one attached hydrogen (secondary N) is 2. The Balaban J connectivity index is 1.72. The molecule has 0 aliphatic rings. The predicted octanol–water partition coefficient (Wildman–Crippen LogP) is 3.41. The van der Waals surface area contributed by atoms with Crippen molar-refractivity contribution in [3.63, 3.8) is 0 Å². The number of carbonyl (C=O) groups excluding carboxylic acids is 1. The van der Waals surface area contributed by atoms with Crippen molar-refractivity contribution in [1.82, 2.24) is 10.3 Å². The molecule has 3 aromatic rings. The molecular weight excluding hydrogens is 326 g/mol. The molecule has 132 valence electrons. The minimum atomic E-state index is -0.253. The van der Waals surface area contributed by atoms with Gasteiger partial charge >= 0.3 is 0 Å². The Morgan fingerprint density at radius 1 is 1.00 bits per heavy atom. The van der Waals surface area contributed by atoms with Crippen molar-refractivity contribution < 1.29 is 9.53 Å². The van der Waals surface area contributed by atoms with Crippen molar-refractivity contribution in [3.05, 3.63) is 90.3 Å². The Labute approximate surface area is 153 Å². The molecule has 0 fully saturated rings. The SMILES string of the molecule is COc1ccccc1NCC(=O)N[C@@H](c1ccccc1)c1cccnc1. The number of ether oxygens (including phenoxy) is 1. The molecule has 1 atom stereocenters. The van der Waals surface area contributed by atoms with E-state index in [4.69, 9.17) is 4.74 Å². The minimum absolute atomic E-state index is 0.117. The summed E-state index contributed by atoms with van der Waals surface area (Å²) in [5.41, 5.74) is 2.72. The molecule has 26 heavy (non-hydrogen) atoms. The fourth-order valence-electron chi connectivity index (χ4n) is 2.73. The lowest BCUT2D eigenvalue weighted by Gasteiger charge is -2.20. The molecule has 1 amide bonds. The van der Waals surface area contributed by atoms with Crippen LogP contribution in [0.3, 0.4) is 0 Å². The number of carbonyl (C=O) groups is 1. The van der Waals surface area contributed by atoms with Crippen molar-refractivity contribution in [2.24, 2.45) is 0 Å². The van der Waals surface area contributed by atoms with Gasteiger partial charge in [-0.1, -0.05) is 48.5 Å². The van der Waals surface area contributed by atoms with E-state index in [9.17, 15) is 4.79 Å². The van der Waals surface area contributed by atoms with Crippen LogP contribution in [0.2, 0.25) is 0 Å². The molecule has 1 aromatic heterocycles. The third-order valence-electron chi connectivity index (χ3n) is 4.00. The zero-order valence-electron chi connectivity index (χ0n) is 14.6. The normalized spacial score (nSPS) is 11.4. The van der Waals surface area contributed by atoms with E-state index in [1.54, 1.807) is 19.5 Å². The highest BCUT2D eigenvalue weighted by molar-refractivity contribution is 5.82. The summed E-state index contributed by atoms with van der Waals surface area (Å²) in [6.45, 7) is 0.143.